The third kappa shape index (κ3) is 2.51. The molecular formula is C16H17FN2O. The Morgan fingerprint density at radius 3 is 3.05 bits per heavy atom. The Morgan fingerprint density at radius 2 is 2.20 bits per heavy atom. The Labute approximate surface area is 117 Å². The molecule has 104 valence electrons. The van der Waals surface area contributed by atoms with Crippen molar-refractivity contribution in [2.24, 2.45) is 5.73 Å². The summed E-state index contributed by atoms with van der Waals surface area (Å²) in [6.07, 6.45) is 4.25. The van der Waals surface area contributed by atoms with Crippen LogP contribution >= 0.6 is 0 Å². The summed E-state index contributed by atoms with van der Waals surface area (Å²) in [5.74, 6) is 0.0532. The number of aromatic nitrogens is 1. The molecule has 1 aromatic carbocycles. The Kier molecular flexibility index (Phi) is 3.65. The van der Waals surface area contributed by atoms with Gasteiger partial charge in [-0.1, -0.05) is 24.3 Å². The van der Waals surface area contributed by atoms with E-state index in [2.05, 4.69) is 17.1 Å². The summed E-state index contributed by atoms with van der Waals surface area (Å²) in [4.78, 5) is 4.04. The molecule has 2 N–H and O–H groups in total. The fourth-order valence-corrected chi connectivity index (χ4v) is 2.69. The summed E-state index contributed by atoms with van der Waals surface area (Å²) < 4.78 is 19.2. The highest BCUT2D eigenvalue weighted by molar-refractivity contribution is 5.33. The van der Waals surface area contributed by atoms with Crippen LogP contribution in [0.1, 0.15) is 35.6 Å². The van der Waals surface area contributed by atoms with Gasteiger partial charge < -0.3 is 10.5 Å². The lowest BCUT2D eigenvalue weighted by molar-refractivity contribution is 0.173. The number of halogens is 1. The van der Waals surface area contributed by atoms with E-state index in [1.807, 2.05) is 12.1 Å². The smallest absolute Gasteiger partial charge is 0.218 e. The molecule has 1 aliphatic carbocycles. The third-order valence-corrected chi connectivity index (χ3v) is 3.68. The molecule has 1 atom stereocenters. The van der Waals surface area contributed by atoms with E-state index in [1.165, 1.54) is 23.4 Å². The van der Waals surface area contributed by atoms with Gasteiger partial charge in [-0.05, 0) is 36.5 Å². The second kappa shape index (κ2) is 5.59. The predicted octanol–water partition coefficient (Wildman–Crippen LogP) is 3.14. The first kappa shape index (κ1) is 13.1. The molecule has 1 unspecified atom stereocenters. The van der Waals surface area contributed by atoms with Crippen LogP contribution in [0.25, 0.3) is 0 Å². The third-order valence-electron chi connectivity index (χ3n) is 3.68. The summed E-state index contributed by atoms with van der Waals surface area (Å²) in [5.41, 5.74) is 8.76. The molecule has 0 saturated carbocycles. The predicted molar refractivity (Wildman–Crippen MR) is 74.8 cm³/mol. The number of aryl methyl sites for hydroxylation is 1. The molecule has 0 aliphatic heterocycles. The van der Waals surface area contributed by atoms with Crippen molar-refractivity contribution in [1.29, 1.82) is 0 Å². The minimum Gasteiger partial charge on any atom is -0.469 e. The second-order valence-corrected chi connectivity index (χ2v) is 5.02. The van der Waals surface area contributed by atoms with E-state index < -0.39 is 0 Å². The lowest BCUT2D eigenvalue weighted by Gasteiger charge is -2.26. The number of nitrogens with two attached hydrogens (primary N) is 1. The van der Waals surface area contributed by atoms with Crippen LogP contribution in [0.15, 0.2) is 36.5 Å². The number of fused-ring (bicyclic) bond motifs is 1. The van der Waals surface area contributed by atoms with Gasteiger partial charge in [-0.15, -0.1) is 0 Å². The van der Waals surface area contributed by atoms with E-state index >= 15 is 0 Å². The Balaban J connectivity index is 1.89. The molecule has 3 nitrogen and oxygen atoms in total. The second-order valence-electron chi connectivity index (χ2n) is 5.02. The van der Waals surface area contributed by atoms with Gasteiger partial charge in [-0.2, -0.15) is 0 Å². The minimum absolute atomic E-state index is 0.0248. The molecule has 1 aliphatic rings. The number of nitrogens with zero attached hydrogens (tertiary/aromatic N) is 1. The van der Waals surface area contributed by atoms with Gasteiger partial charge in [0.25, 0.3) is 0 Å². The summed E-state index contributed by atoms with van der Waals surface area (Å²) in [5, 5.41) is 0. The van der Waals surface area contributed by atoms with Crippen molar-refractivity contribution in [3.05, 3.63) is 59.0 Å². The van der Waals surface area contributed by atoms with Crippen molar-refractivity contribution < 1.29 is 9.13 Å². The van der Waals surface area contributed by atoms with Gasteiger partial charge in [0.05, 0.1) is 6.20 Å². The SMILES string of the molecule is NCc1cc(F)cnc1OC1CCCc2ccccc21. The molecular weight excluding hydrogens is 255 g/mol. The molecule has 0 amide bonds. The van der Waals surface area contributed by atoms with Crippen LogP contribution < -0.4 is 10.5 Å². The van der Waals surface area contributed by atoms with Gasteiger partial charge in [0.2, 0.25) is 5.88 Å². The number of hydrogen-bond acceptors (Lipinski definition) is 3. The van der Waals surface area contributed by atoms with Crippen molar-refractivity contribution in [3.63, 3.8) is 0 Å². The van der Waals surface area contributed by atoms with E-state index in [-0.39, 0.29) is 18.5 Å². The van der Waals surface area contributed by atoms with Crippen LogP contribution in [-0.4, -0.2) is 4.98 Å². The lowest BCUT2D eigenvalue weighted by atomic mass is 9.89. The number of ether oxygens (including phenoxy) is 1. The van der Waals surface area contributed by atoms with Crippen molar-refractivity contribution >= 4 is 0 Å². The molecule has 3 rings (SSSR count). The van der Waals surface area contributed by atoms with E-state index in [1.54, 1.807) is 0 Å². The molecule has 0 saturated heterocycles. The zero-order valence-electron chi connectivity index (χ0n) is 11.2. The van der Waals surface area contributed by atoms with E-state index in [0.717, 1.165) is 19.3 Å². The van der Waals surface area contributed by atoms with Crippen LogP contribution in [0.3, 0.4) is 0 Å². The Bertz CT molecular complexity index is 615. The van der Waals surface area contributed by atoms with Gasteiger partial charge >= 0.3 is 0 Å². The molecule has 0 bridgehead atoms. The fraction of sp³-hybridized carbons (Fsp3) is 0.312. The average molecular weight is 272 g/mol. The lowest BCUT2D eigenvalue weighted by Crippen LogP contribution is -2.17. The first-order valence-corrected chi connectivity index (χ1v) is 6.87. The van der Waals surface area contributed by atoms with Crippen molar-refractivity contribution in [2.45, 2.75) is 31.9 Å². The normalized spacial score (nSPS) is 17.6. The molecule has 2 aromatic rings. The summed E-state index contributed by atoms with van der Waals surface area (Å²) in [7, 11) is 0. The fourth-order valence-electron chi connectivity index (χ4n) is 2.69. The average Bonchev–Trinajstić information content (AvgIpc) is 2.49. The number of rotatable bonds is 3. The maximum atomic E-state index is 13.2. The van der Waals surface area contributed by atoms with E-state index in [0.29, 0.717) is 11.4 Å². The van der Waals surface area contributed by atoms with E-state index in [9.17, 15) is 4.39 Å². The zero-order valence-corrected chi connectivity index (χ0v) is 11.2. The van der Waals surface area contributed by atoms with Crippen LogP contribution in [-0.2, 0) is 13.0 Å². The standard InChI is InChI=1S/C16H17FN2O/c17-13-8-12(9-18)16(19-10-13)20-15-7-3-5-11-4-1-2-6-14(11)15/h1-2,4,6,8,10,15H,3,5,7,9,18H2. The van der Waals surface area contributed by atoms with Gasteiger partial charge in [-0.3, -0.25) is 0 Å². The highest BCUT2D eigenvalue weighted by Crippen LogP contribution is 2.33. The van der Waals surface area contributed by atoms with Crippen LogP contribution in [0.4, 0.5) is 4.39 Å². The number of hydrogen-bond donors (Lipinski definition) is 1. The van der Waals surface area contributed by atoms with Crippen molar-refractivity contribution in [1.82, 2.24) is 4.98 Å². The van der Waals surface area contributed by atoms with Crippen LogP contribution in [0.5, 0.6) is 5.88 Å². The number of benzene rings is 1. The van der Waals surface area contributed by atoms with E-state index in [4.69, 9.17) is 10.5 Å². The molecule has 0 radical (unpaired) electrons. The Hall–Kier alpha value is -1.94. The molecule has 0 fully saturated rings. The first-order chi connectivity index (χ1) is 9.78. The maximum absolute atomic E-state index is 13.2. The minimum atomic E-state index is -0.387. The Morgan fingerprint density at radius 1 is 1.35 bits per heavy atom. The quantitative estimate of drug-likeness (QED) is 0.933. The monoisotopic (exact) mass is 272 g/mol. The highest BCUT2D eigenvalue weighted by atomic mass is 19.1. The summed E-state index contributed by atoms with van der Waals surface area (Å²) in [6, 6.07) is 9.67. The zero-order chi connectivity index (χ0) is 13.9. The molecule has 0 spiro atoms. The summed E-state index contributed by atoms with van der Waals surface area (Å²) >= 11 is 0. The number of pyridine rings is 1. The topological polar surface area (TPSA) is 48.1 Å². The van der Waals surface area contributed by atoms with Gasteiger partial charge in [0.15, 0.2) is 0 Å². The van der Waals surface area contributed by atoms with Crippen molar-refractivity contribution in [3.8, 4) is 5.88 Å². The molecule has 1 heterocycles. The largest absolute Gasteiger partial charge is 0.469 e. The van der Waals surface area contributed by atoms with Gasteiger partial charge in [0, 0.05) is 12.1 Å². The molecule has 1 aromatic heterocycles. The van der Waals surface area contributed by atoms with Crippen molar-refractivity contribution in [2.75, 3.05) is 0 Å². The van der Waals surface area contributed by atoms with Crippen LogP contribution in [0, 0.1) is 5.82 Å². The van der Waals surface area contributed by atoms with Gasteiger partial charge in [-0.25, -0.2) is 9.37 Å². The maximum Gasteiger partial charge on any atom is 0.218 e. The van der Waals surface area contributed by atoms with Crippen LogP contribution in [0.2, 0.25) is 0 Å². The summed E-state index contributed by atoms with van der Waals surface area (Å²) in [6.45, 7) is 0.217. The van der Waals surface area contributed by atoms with Gasteiger partial charge in [0.1, 0.15) is 11.9 Å². The molecule has 20 heavy (non-hydrogen) atoms. The molecule has 4 heteroatoms. The first-order valence-electron chi connectivity index (χ1n) is 6.87. The highest BCUT2D eigenvalue weighted by Gasteiger charge is 2.22.